The number of carbonyl (C=O) groups excluding carboxylic acids is 2. The van der Waals surface area contributed by atoms with E-state index < -0.39 is 0 Å². The van der Waals surface area contributed by atoms with Crippen molar-refractivity contribution in [1.82, 2.24) is 0 Å². The summed E-state index contributed by atoms with van der Waals surface area (Å²) < 4.78 is 9.60. The van der Waals surface area contributed by atoms with Crippen LogP contribution in [-0.2, 0) is 19.1 Å². The van der Waals surface area contributed by atoms with E-state index >= 15 is 0 Å². The Kier molecular flexibility index (Phi) is 2.76. The van der Waals surface area contributed by atoms with Crippen LogP contribution in [0.4, 0.5) is 0 Å². The molecule has 0 aliphatic heterocycles. The quantitative estimate of drug-likeness (QED) is 0.687. The highest BCUT2D eigenvalue weighted by Crippen LogP contribution is 2.60. The third-order valence-electron chi connectivity index (χ3n) is 4.34. The van der Waals surface area contributed by atoms with Crippen LogP contribution in [0.3, 0.4) is 0 Å². The first kappa shape index (κ1) is 12.1. The minimum Gasteiger partial charge on any atom is -0.466 e. The highest BCUT2D eigenvalue weighted by Gasteiger charge is 2.57. The summed E-state index contributed by atoms with van der Waals surface area (Å²) in [7, 11) is 2.70. The van der Waals surface area contributed by atoms with Crippen molar-refractivity contribution in [3.8, 4) is 0 Å². The molecule has 4 nitrogen and oxygen atoms in total. The molecule has 1 fully saturated rings. The van der Waals surface area contributed by atoms with E-state index in [0.29, 0.717) is 11.1 Å². The first-order chi connectivity index (χ1) is 7.95. The van der Waals surface area contributed by atoms with Crippen LogP contribution in [0.5, 0.6) is 0 Å². The monoisotopic (exact) mass is 238 g/mol. The average Bonchev–Trinajstić information content (AvgIpc) is 2.73. The second kappa shape index (κ2) is 3.86. The number of ether oxygens (including phenoxy) is 2. The molecule has 0 amide bonds. The van der Waals surface area contributed by atoms with Crippen LogP contribution in [0.1, 0.15) is 26.7 Å². The molecule has 0 aromatic carbocycles. The lowest BCUT2D eigenvalue weighted by molar-refractivity contribution is -0.140. The van der Waals surface area contributed by atoms with Crippen molar-refractivity contribution in [2.45, 2.75) is 26.7 Å². The lowest BCUT2D eigenvalue weighted by Gasteiger charge is -2.25. The summed E-state index contributed by atoms with van der Waals surface area (Å²) in [5, 5.41) is 0. The maximum Gasteiger partial charge on any atom is 0.334 e. The Morgan fingerprint density at radius 2 is 1.35 bits per heavy atom. The molecule has 2 atom stereocenters. The van der Waals surface area contributed by atoms with E-state index in [1.54, 1.807) is 0 Å². The van der Waals surface area contributed by atoms with Crippen LogP contribution in [0.25, 0.3) is 0 Å². The summed E-state index contributed by atoms with van der Waals surface area (Å²) in [5.74, 6) is -0.528. The number of esters is 2. The summed E-state index contributed by atoms with van der Waals surface area (Å²) in [5.41, 5.74) is 1.04. The predicted molar refractivity (Wildman–Crippen MR) is 61.1 cm³/mol. The predicted octanol–water partition coefficient (Wildman–Crippen LogP) is 1.69. The highest BCUT2D eigenvalue weighted by molar-refractivity contribution is 6.02. The molecule has 17 heavy (non-hydrogen) atoms. The van der Waals surface area contributed by atoms with E-state index in [1.165, 1.54) is 14.2 Å². The van der Waals surface area contributed by atoms with Gasteiger partial charge in [-0.2, -0.15) is 0 Å². The lowest BCUT2D eigenvalue weighted by Crippen LogP contribution is -2.22. The first-order valence-electron chi connectivity index (χ1n) is 5.85. The molecule has 0 N–H and O–H groups in total. The minimum absolute atomic E-state index is 0.0486. The van der Waals surface area contributed by atoms with Crippen LogP contribution >= 0.6 is 0 Å². The van der Waals surface area contributed by atoms with Gasteiger partial charge in [0.1, 0.15) is 0 Å². The molecule has 2 aliphatic rings. The Balaban J connectivity index is 2.51. The van der Waals surface area contributed by atoms with Gasteiger partial charge in [-0.15, -0.1) is 0 Å². The number of fused-ring (bicyclic) bond motifs is 2. The summed E-state index contributed by atoms with van der Waals surface area (Å²) in [4.78, 5) is 23.7. The summed E-state index contributed by atoms with van der Waals surface area (Å²) in [6, 6.07) is 0. The van der Waals surface area contributed by atoms with Crippen molar-refractivity contribution >= 4 is 11.9 Å². The largest absolute Gasteiger partial charge is 0.466 e. The van der Waals surface area contributed by atoms with E-state index in [9.17, 15) is 9.59 Å². The van der Waals surface area contributed by atoms with Gasteiger partial charge in [0.05, 0.1) is 25.4 Å². The van der Waals surface area contributed by atoms with Crippen molar-refractivity contribution in [2.24, 2.45) is 17.3 Å². The third-order valence-corrected chi connectivity index (χ3v) is 4.34. The Morgan fingerprint density at radius 3 is 1.65 bits per heavy atom. The molecule has 0 heterocycles. The van der Waals surface area contributed by atoms with Crippen molar-refractivity contribution in [2.75, 3.05) is 14.2 Å². The first-order valence-corrected chi connectivity index (χ1v) is 5.85. The molecule has 2 aliphatic carbocycles. The van der Waals surface area contributed by atoms with Gasteiger partial charge in [-0.25, -0.2) is 9.59 Å². The van der Waals surface area contributed by atoms with Gasteiger partial charge in [0.2, 0.25) is 0 Å². The molecule has 0 spiro atoms. The number of rotatable bonds is 2. The van der Waals surface area contributed by atoms with Gasteiger partial charge in [-0.05, 0) is 30.1 Å². The Hall–Kier alpha value is -1.32. The van der Waals surface area contributed by atoms with Gasteiger partial charge in [-0.3, -0.25) is 0 Å². The molecule has 0 saturated heterocycles. The maximum atomic E-state index is 11.8. The molecule has 1 saturated carbocycles. The zero-order valence-corrected chi connectivity index (χ0v) is 10.7. The van der Waals surface area contributed by atoms with Crippen molar-refractivity contribution < 1.29 is 19.1 Å². The molecule has 94 valence electrons. The molecule has 2 bridgehead atoms. The van der Waals surface area contributed by atoms with Gasteiger partial charge < -0.3 is 9.47 Å². The fraction of sp³-hybridized carbons (Fsp3) is 0.692. The standard InChI is InChI=1S/C13H18O4/c1-13(2)7-5-6-8(13)10(12(15)17-4)9(7)11(14)16-3/h7-8H,5-6H2,1-4H3. The number of hydrogen-bond donors (Lipinski definition) is 0. The number of hydrogen-bond acceptors (Lipinski definition) is 4. The molecule has 4 heteroatoms. The summed E-state index contributed by atoms with van der Waals surface area (Å²) in [6.45, 7) is 4.21. The maximum absolute atomic E-state index is 11.8. The normalized spacial score (nSPS) is 29.4. The van der Waals surface area contributed by atoms with E-state index in [4.69, 9.17) is 9.47 Å². The van der Waals surface area contributed by atoms with Crippen LogP contribution in [0.15, 0.2) is 11.1 Å². The minimum atomic E-state index is -0.384. The molecule has 2 rings (SSSR count). The molecular weight excluding hydrogens is 220 g/mol. The van der Waals surface area contributed by atoms with Crippen LogP contribution in [0, 0.1) is 17.3 Å². The van der Waals surface area contributed by atoms with E-state index in [-0.39, 0.29) is 29.2 Å². The van der Waals surface area contributed by atoms with E-state index in [1.807, 2.05) is 0 Å². The Bertz CT molecular complexity index is 370. The third kappa shape index (κ3) is 1.50. The van der Waals surface area contributed by atoms with Crippen molar-refractivity contribution in [1.29, 1.82) is 0 Å². The fourth-order valence-electron chi connectivity index (χ4n) is 3.45. The van der Waals surface area contributed by atoms with Crippen LogP contribution in [0.2, 0.25) is 0 Å². The number of methoxy groups -OCH3 is 2. The van der Waals surface area contributed by atoms with Gasteiger partial charge in [0.25, 0.3) is 0 Å². The van der Waals surface area contributed by atoms with Crippen molar-refractivity contribution in [3.63, 3.8) is 0 Å². The highest BCUT2D eigenvalue weighted by atomic mass is 16.5. The fourth-order valence-corrected chi connectivity index (χ4v) is 3.45. The second-order valence-electron chi connectivity index (χ2n) is 5.31. The zero-order valence-electron chi connectivity index (χ0n) is 10.7. The van der Waals surface area contributed by atoms with Gasteiger partial charge in [-0.1, -0.05) is 13.8 Å². The van der Waals surface area contributed by atoms with Gasteiger partial charge >= 0.3 is 11.9 Å². The van der Waals surface area contributed by atoms with Crippen LogP contribution < -0.4 is 0 Å². The van der Waals surface area contributed by atoms with Gasteiger partial charge in [0, 0.05) is 0 Å². The second-order valence-corrected chi connectivity index (χ2v) is 5.31. The smallest absolute Gasteiger partial charge is 0.334 e. The van der Waals surface area contributed by atoms with Crippen LogP contribution in [-0.4, -0.2) is 26.2 Å². The lowest BCUT2D eigenvalue weighted by atomic mass is 9.79. The summed E-state index contributed by atoms with van der Waals surface area (Å²) >= 11 is 0. The Morgan fingerprint density at radius 1 is 1.00 bits per heavy atom. The molecule has 0 radical (unpaired) electrons. The Labute approximate surface area is 101 Å². The van der Waals surface area contributed by atoms with Gasteiger partial charge in [0.15, 0.2) is 0 Å². The molecule has 2 unspecified atom stereocenters. The average molecular weight is 238 g/mol. The molecule has 0 aromatic heterocycles. The zero-order chi connectivity index (χ0) is 12.8. The van der Waals surface area contributed by atoms with E-state index in [2.05, 4.69) is 13.8 Å². The van der Waals surface area contributed by atoms with E-state index in [0.717, 1.165) is 12.8 Å². The number of carbonyl (C=O) groups is 2. The molecular formula is C13H18O4. The molecule has 0 aromatic rings. The van der Waals surface area contributed by atoms with Crippen molar-refractivity contribution in [3.05, 3.63) is 11.1 Å². The SMILES string of the molecule is COC(=O)C1=C(C(=O)OC)C2CCC1C2(C)C. The topological polar surface area (TPSA) is 52.6 Å². The summed E-state index contributed by atoms with van der Waals surface area (Å²) in [6.07, 6.45) is 1.89.